The Labute approximate surface area is 231 Å². The summed E-state index contributed by atoms with van der Waals surface area (Å²) in [6.45, 7) is 6.84. The van der Waals surface area contributed by atoms with E-state index >= 15 is 0 Å². The van der Waals surface area contributed by atoms with Crippen LogP contribution in [-0.4, -0.2) is 51.4 Å². The van der Waals surface area contributed by atoms with Crippen LogP contribution in [0.15, 0.2) is 29.1 Å². The smallest absolute Gasteiger partial charge is 0.254 e. The lowest BCUT2D eigenvalue weighted by Gasteiger charge is -2.32. The van der Waals surface area contributed by atoms with Crippen LogP contribution < -0.4 is 21.1 Å². The number of carbonyl (C=O) groups excluding carboxylic acids is 3. The molecule has 1 saturated heterocycles. The number of anilines is 2. The van der Waals surface area contributed by atoms with Crippen LogP contribution in [0.5, 0.6) is 0 Å². The van der Waals surface area contributed by atoms with E-state index in [0.717, 1.165) is 42.6 Å². The van der Waals surface area contributed by atoms with Crippen molar-refractivity contribution in [3.63, 3.8) is 0 Å². The Hall–Kier alpha value is -4.05. The van der Waals surface area contributed by atoms with Crippen molar-refractivity contribution in [3.05, 3.63) is 51.3 Å². The number of carbonyl (C=O) groups is 3. The van der Waals surface area contributed by atoms with E-state index in [1.807, 2.05) is 12.1 Å². The summed E-state index contributed by atoms with van der Waals surface area (Å²) in [7, 11) is 0. The van der Waals surface area contributed by atoms with Crippen molar-refractivity contribution >= 4 is 39.9 Å². The fourth-order valence-corrected chi connectivity index (χ4v) is 6.44. The zero-order chi connectivity index (χ0) is 28.3. The van der Waals surface area contributed by atoms with Crippen molar-refractivity contribution in [3.8, 4) is 11.4 Å². The van der Waals surface area contributed by atoms with Gasteiger partial charge in [0.05, 0.1) is 29.1 Å². The van der Waals surface area contributed by atoms with Gasteiger partial charge in [-0.2, -0.15) is 0 Å². The first-order valence-electron chi connectivity index (χ1n) is 13.9. The molecule has 1 aliphatic carbocycles. The number of aliphatic hydroxyl groups is 1. The monoisotopic (exact) mass is 543 g/mol. The molecule has 1 unspecified atom stereocenters. The molecule has 2 atom stereocenters. The highest BCUT2D eigenvalue weighted by Crippen LogP contribution is 2.44. The summed E-state index contributed by atoms with van der Waals surface area (Å²) in [6, 6.07) is 6.63. The van der Waals surface area contributed by atoms with E-state index in [0.29, 0.717) is 46.7 Å². The highest BCUT2D eigenvalue weighted by molar-refractivity contribution is 6.03. The first kappa shape index (κ1) is 26.2. The molecule has 2 aliphatic heterocycles. The highest BCUT2D eigenvalue weighted by Gasteiger charge is 2.43. The molecule has 0 bridgehead atoms. The standard InChI is InChI=1S/C30H33N5O5/c1-4-30(40)22-14-24-26-21(15-35(24)29(39)19(22)8-10-25(30)37)27(34-11-5-6-12-34)20-13-18(7-9-23(20)33-26)32-28(38)16(2)31-17(3)36/h7,9,13-14,16,40H,4-6,8,10-12,15H2,1-3H3,(H,31,36)(H,32,38)/t16?,30-/m0/s1. The number of rotatable bonds is 5. The molecular formula is C30H33N5O5. The van der Waals surface area contributed by atoms with Crippen molar-refractivity contribution in [2.45, 2.75) is 71.1 Å². The largest absolute Gasteiger partial charge is 0.377 e. The topological polar surface area (TPSA) is 134 Å². The maximum absolute atomic E-state index is 13.7. The SMILES string of the molecule is CC[C@@]1(O)C(=O)CCc2c1cc1n(c2=O)Cc2c-1nc1ccc(NC(=O)C(C)NC(C)=O)cc1c2N1CCCC1. The van der Waals surface area contributed by atoms with E-state index in [1.165, 1.54) is 6.92 Å². The van der Waals surface area contributed by atoms with Gasteiger partial charge in [0.1, 0.15) is 11.6 Å². The number of aromatic nitrogens is 2. The van der Waals surface area contributed by atoms with E-state index < -0.39 is 11.6 Å². The van der Waals surface area contributed by atoms with Crippen LogP contribution in [0.4, 0.5) is 11.4 Å². The summed E-state index contributed by atoms with van der Waals surface area (Å²) in [5, 5.41) is 17.7. The Kier molecular flexibility index (Phi) is 6.25. The van der Waals surface area contributed by atoms with Crippen LogP contribution in [0, 0.1) is 0 Å². The third-order valence-corrected chi connectivity index (χ3v) is 8.54. The van der Waals surface area contributed by atoms with Crippen LogP contribution in [0.2, 0.25) is 0 Å². The Balaban J connectivity index is 1.50. The van der Waals surface area contributed by atoms with Gasteiger partial charge in [-0.25, -0.2) is 4.98 Å². The molecule has 4 heterocycles. The third-order valence-electron chi connectivity index (χ3n) is 8.54. The Morgan fingerprint density at radius 2 is 1.88 bits per heavy atom. The molecule has 6 rings (SSSR count). The van der Waals surface area contributed by atoms with E-state index in [1.54, 1.807) is 30.5 Å². The molecule has 2 aromatic heterocycles. The molecule has 1 aromatic carbocycles. The van der Waals surface area contributed by atoms with Gasteiger partial charge < -0.3 is 25.2 Å². The van der Waals surface area contributed by atoms with Crippen molar-refractivity contribution in [1.29, 1.82) is 0 Å². The molecule has 10 heteroatoms. The molecule has 0 radical (unpaired) electrons. The highest BCUT2D eigenvalue weighted by atomic mass is 16.3. The maximum atomic E-state index is 13.7. The summed E-state index contributed by atoms with van der Waals surface area (Å²) in [4.78, 5) is 57.9. The maximum Gasteiger partial charge on any atom is 0.254 e. The van der Waals surface area contributed by atoms with Crippen LogP contribution >= 0.6 is 0 Å². The Morgan fingerprint density at radius 1 is 1.12 bits per heavy atom. The number of amides is 2. The molecule has 10 nitrogen and oxygen atoms in total. The average Bonchev–Trinajstić information content (AvgIpc) is 3.58. The lowest BCUT2D eigenvalue weighted by molar-refractivity contribution is -0.140. The van der Waals surface area contributed by atoms with Gasteiger partial charge in [-0.1, -0.05) is 6.92 Å². The first-order chi connectivity index (χ1) is 19.1. The Morgan fingerprint density at radius 3 is 2.58 bits per heavy atom. The molecule has 208 valence electrons. The Bertz CT molecular complexity index is 1650. The second-order valence-electron chi connectivity index (χ2n) is 11.1. The fourth-order valence-electron chi connectivity index (χ4n) is 6.44. The van der Waals surface area contributed by atoms with Crippen molar-refractivity contribution in [1.82, 2.24) is 14.9 Å². The molecular weight excluding hydrogens is 510 g/mol. The third kappa shape index (κ3) is 4.00. The lowest BCUT2D eigenvalue weighted by Crippen LogP contribution is -2.43. The van der Waals surface area contributed by atoms with Gasteiger partial charge in [0.2, 0.25) is 11.8 Å². The summed E-state index contributed by atoms with van der Waals surface area (Å²) < 4.78 is 1.72. The molecule has 0 saturated carbocycles. The van der Waals surface area contributed by atoms with Gasteiger partial charge in [0, 0.05) is 54.2 Å². The van der Waals surface area contributed by atoms with E-state index in [9.17, 15) is 24.3 Å². The number of fused-ring (bicyclic) bond motifs is 5. The minimum absolute atomic E-state index is 0.148. The van der Waals surface area contributed by atoms with Crippen molar-refractivity contribution < 1.29 is 19.5 Å². The van der Waals surface area contributed by atoms with Gasteiger partial charge >= 0.3 is 0 Å². The van der Waals surface area contributed by atoms with Crippen molar-refractivity contribution in [2.24, 2.45) is 0 Å². The van der Waals surface area contributed by atoms with Gasteiger partial charge in [-0.15, -0.1) is 0 Å². The van der Waals surface area contributed by atoms with Gasteiger partial charge in [0.25, 0.3) is 5.56 Å². The lowest BCUT2D eigenvalue weighted by atomic mass is 9.77. The summed E-state index contributed by atoms with van der Waals surface area (Å²) in [5.41, 5.74) is 3.59. The zero-order valence-corrected chi connectivity index (χ0v) is 23.0. The number of nitrogens with one attached hydrogen (secondary N) is 2. The van der Waals surface area contributed by atoms with Gasteiger partial charge in [0.15, 0.2) is 5.78 Å². The summed E-state index contributed by atoms with van der Waals surface area (Å²) in [5.74, 6) is -0.860. The van der Waals surface area contributed by atoms with Crippen LogP contribution in [-0.2, 0) is 33.0 Å². The van der Waals surface area contributed by atoms with Crippen LogP contribution in [0.3, 0.4) is 0 Å². The minimum atomic E-state index is -1.67. The minimum Gasteiger partial charge on any atom is -0.377 e. The van der Waals surface area contributed by atoms with Crippen LogP contribution in [0.25, 0.3) is 22.3 Å². The second-order valence-corrected chi connectivity index (χ2v) is 11.1. The molecule has 40 heavy (non-hydrogen) atoms. The molecule has 2 amide bonds. The van der Waals surface area contributed by atoms with E-state index in [4.69, 9.17) is 4.98 Å². The summed E-state index contributed by atoms with van der Waals surface area (Å²) >= 11 is 0. The number of hydrogen-bond acceptors (Lipinski definition) is 7. The number of benzene rings is 1. The average molecular weight is 544 g/mol. The normalized spacial score (nSPS) is 20.2. The number of Topliss-reactive ketones (excluding diaryl/α,β-unsaturated/α-hetero) is 1. The van der Waals surface area contributed by atoms with E-state index in [2.05, 4.69) is 15.5 Å². The number of ketones is 1. The number of nitrogens with zero attached hydrogens (tertiary/aromatic N) is 3. The molecule has 1 fully saturated rings. The summed E-state index contributed by atoms with van der Waals surface area (Å²) in [6.07, 6.45) is 2.77. The number of pyridine rings is 2. The second kappa shape index (κ2) is 9.55. The van der Waals surface area contributed by atoms with Gasteiger partial charge in [-0.3, -0.25) is 19.2 Å². The fraction of sp³-hybridized carbons (Fsp3) is 0.433. The quantitative estimate of drug-likeness (QED) is 0.352. The molecule has 3 aromatic rings. The molecule has 0 spiro atoms. The van der Waals surface area contributed by atoms with Crippen molar-refractivity contribution in [2.75, 3.05) is 23.3 Å². The first-order valence-corrected chi connectivity index (χ1v) is 13.9. The molecule has 3 aliphatic rings. The van der Waals surface area contributed by atoms with E-state index in [-0.39, 0.29) is 36.0 Å². The predicted octanol–water partition coefficient (Wildman–Crippen LogP) is 2.60. The van der Waals surface area contributed by atoms with Crippen LogP contribution in [0.1, 0.15) is 63.1 Å². The zero-order valence-electron chi connectivity index (χ0n) is 23.0. The van der Waals surface area contributed by atoms with Gasteiger partial charge in [-0.05, 0) is 56.9 Å². The number of hydrogen-bond donors (Lipinski definition) is 3. The molecule has 3 N–H and O–H groups in total. The predicted molar refractivity (Wildman–Crippen MR) is 151 cm³/mol.